The molecule has 5 heteroatoms. The van der Waals surface area contributed by atoms with Gasteiger partial charge in [0.15, 0.2) is 0 Å². The minimum absolute atomic E-state index is 0.0568. The summed E-state index contributed by atoms with van der Waals surface area (Å²) in [5, 5.41) is 11.7. The highest BCUT2D eigenvalue weighted by molar-refractivity contribution is 5.73. The van der Waals surface area contributed by atoms with Crippen molar-refractivity contribution in [3.8, 4) is 0 Å². The van der Waals surface area contributed by atoms with Gasteiger partial charge in [-0.1, -0.05) is 19.9 Å². The molecule has 0 amide bonds. The topological polar surface area (TPSA) is 49.3 Å². The van der Waals surface area contributed by atoms with Crippen molar-refractivity contribution in [3.63, 3.8) is 0 Å². The monoisotopic (exact) mass is 243 g/mol. The van der Waals surface area contributed by atoms with E-state index < -0.39 is 23.6 Å². The molecule has 17 heavy (non-hydrogen) atoms. The number of nitrogens with one attached hydrogen (secondary N) is 1. The van der Waals surface area contributed by atoms with E-state index in [9.17, 15) is 13.6 Å². The summed E-state index contributed by atoms with van der Waals surface area (Å²) < 4.78 is 25.9. The van der Waals surface area contributed by atoms with Gasteiger partial charge in [-0.3, -0.25) is 10.1 Å². The molecule has 1 unspecified atom stereocenters. The molecule has 1 atom stereocenters. The van der Waals surface area contributed by atoms with Gasteiger partial charge in [-0.25, -0.2) is 8.78 Å². The molecule has 0 saturated carbocycles. The van der Waals surface area contributed by atoms with Crippen molar-refractivity contribution in [2.75, 3.05) is 0 Å². The summed E-state index contributed by atoms with van der Waals surface area (Å²) in [6.45, 7) is 3.57. The van der Waals surface area contributed by atoms with Crippen molar-refractivity contribution in [2.24, 2.45) is 5.92 Å². The highest BCUT2D eigenvalue weighted by atomic mass is 19.1. The van der Waals surface area contributed by atoms with Gasteiger partial charge < -0.3 is 5.11 Å². The minimum atomic E-state index is -0.984. The predicted molar refractivity (Wildman–Crippen MR) is 59.5 cm³/mol. The van der Waals surface area contributed by atoms with Gasteiger partial charge in [0.25, 0.3) is 0 Å². The van der Waals surface area contributed by atoms with E-state index in [4.69, 9.17) is 5.11 Å². The lowest BCUT2D eigenvalue weighted by atomic mass is 10.0. The van der Waals surface area contributed by atoms with E-state index in [2.05, 4.69) is 5.32 Å². The SMILES string of the molecule is CC(C)C(NCc1ccc(F)cc1F)C(=O)O. The Hall–Kier alpha value is -1.49. The average Bonchev–Trinajstić information content (AvgIpc) is 2.20. The molecular weight excluding hydrogens is 228 g/mol. The van der Waals surface area contributed by atoms with Crippen molar-refractivity contribution in [1.82, 2.24) is 5.32 Å². The lowest BCUT2D eigenvalue weighted by Crippen LogP contribution is -2.40. The maximum Gasteiger partial charge on any atom is 0.320 e. The van der Waals surface area contributed by atoms with Gasteiger partial charge in [0.1, 0.15) is 17.7 Å². The Labute approximate surface area is 98.5 Å². The molecule has 0 saturated heterocycles. The molecule has 0 spiro atoms. The number of carboxylic acids is 1. The van der Waals surface area contributed by atoms with Gasteiger partial charge in [0.05, 0.1) is 0 Å². The van der Waals surface area contributed by atoms with Crippen LogP contribution in [0.25, 0.3) is 0 Å². The number of hydrogen-bond donors (Lipinski definition) is 2. The summed E-state index contributed by atoms with van der Waals surface area (Å²) in [6, 6.07) is 2.48. The average molecular weight is 243 g/mol. The number of rotatable bonds is 5. The van der Waals surface area contributed by atoms with Crippen molar-refractivity contribution >= 4 is 5.97 Å². The van der Waals surface area contributed by atoms with Crippen LogP contribution in [0.4, 0.5) is 8.78 Å². The van der Waals surface area contributed by atoms with Crippen LogP contribution in [0.2, 0.25) is 0 Å². The van der Waals surface area contributed by atoms with E-state index in [1.807, 2.05) is 0 Å². The number of aliphatic carboxylic acids is 1. The Bertz CT molecular complexity index is 407. The summed E-state index contributed by atoms with van der Waals surface area (Å²) in [7, 11) is 0. The third-order valence-electron chi connectivity index (χ3n) is 2.46. The van der Waals surface area contributed by atoms with Crippen LogP contribution in [0.1, 0.15) is 19.4 Å². The molecule has 1 rings (SSSR count). The molecule has 0 aliphatic carbocycles. The van der Waals surface area contributed by atoms with Gasteiger partial charge in [0.2, 0.25) is 0 Å². The Balaban J connectivity index is 2.69. The van der Waals surface area contributed by atoms with E-state index >= 15 is 0 Å². The van der Waals surface area contributed by atoms with Crippen molar-refractivity contribution in [3.05, 3.63) is 35.4 Å². The van der Waals surface area contributed by atoms with Crippen molar-refractivity contribution in [1.29, 1.82) is 0 Å². The van der Waals surface area contributed by atoms with Crippen LogP contribution >= 0.6 is 0 Å². The molecule has 0 aliphatic rings. The molecule has 0 fully saturated rings. The zero-order valence-electron chi connectivity index (χ0n) is 9.71. The number of benzene rings is 1. The second-order valence-corrected chi connectivity index (χ2v) is 4.18. The van der Waals surface area contributed by atoms with Crippen LogP contribution in [0, 0.1) is 17.6 Å². The lowest BCUT2D eigenvalue weighted by Gasteiger charge is -2.18. The first-order valence-electron chi connectivity index (χ1n) is 5.32. The van der Waals surface area contributed by atoms with E-state index in [1.165, 1.54) is 6.07 Å². The Morgan fingerprint density at radius 1 is 1.41 bits per heavy atom. The van der Waals surface area contributed by atoms with Crippen molar-refractivity contribution < 1.29 is 18.7 Å². The number of halogens is 2. The second-order valence-electron chi connectivity index (χ2n) is 4.18. The van der Waals surface area contributed by atoms with Gasteiger partial charge >= 0.3 is 5.97 Å². The molecule has 3 nitrogen and oxygen atoms in total. The first-order valence-corrected chi connectivity index (χ1v) is 5.32. The fourth-order valence-electron chi connectivity index (χ4n) is 1.49. The third kappa shape index (κ3) is 3.78. The van der Waals surface area contributed by atoms with Crippen molar-refractivity contribution in [2.45, 2.75) is 26.4 Å². The molecule has 0 heterocycles. The van der Waals surface area contributed by atoms with Gasteiger partial charge in [-0.15, -0.1) is 0 Å². The third-order valence-corrected chi connectivity index (χ3v) is 2.46. The Morgan fingerprint density at radius 3 is 2.53 bits per heavy atom. The standard InChI is InChI=1S/C12H15F2NO2/c1-7(2)11(12(16)17)15-6-8-3-4-9(13)5-10(8)14/h3-5,7,11,15H,6H2,1-2H3,(H,16,17). The molecule has 1 aromatic rings. The van der Waals surface area contributed by atoms with Crippen LogP contribution in [0.3, 0.4) is 0 Å². The molecule has 0 aromatic heterocycles. The largest absolute Gasteiger partial charge is 0.480 e. The summed E-state index contributed by atoms with van der Waals surface area (Å²) >= 11 is 0. The fourth-order valence-corrected chi connectivity index (χ4v) is 1.49. The number of hydrogen-bond acceptors (Lipinski definition) is 2. The maximum atomic E-state index is 13.3. The number of carboxylic acid groups (broad SMARTS) is 1. The maximum absolute atomic E-state index is 13.3. The molecule has 94 valence electrons. The first kappa shape index (κ1) is 13.6. The zero-order valence-corrected chi connectivity index (χ0v) is 9.71. The Morgan fingerprint density at radius 2 is 2.06 bits per heavy atom. The molecular formula is C12H15F2NO2. The van der Waals surface area contributed by atoms with Gasteiger partial charge in [-0.2, -0.15) is 0 Å². The van der Waals surface area contributed by atoms with Crippen LogP contribution in [-0.4, -0.2) is 17.1 Å². The van der Waals surface area contributed by atoms with Crippen LogP contribution in [-0.2, 0) is 11.3 Å². The molecule has 1 aromatic carbocycles. The quantitative estimate of drug-likeness (QED) is 0.833. The van der Waals surface area contributed by atoms with E-state index in [1.54, 1.807) is 13.8 Å². The first-order chi connectivity index (χ1) is 7.91. The highest BCUT2D eigenvalue weighted by Crippen LogP contribution is 2.10. The zero-order chi connectivity index (χ0) is 13.0. The summed E-state index contributed by atoms with van der Waals surface area (Å²) in [4.78, 5) is 10.9. The van der Waals surface area contributed by atoms with Gasteiger partial charge in [0, 0.05) is 18.2 Å². The summed E-state index contributed by atoms with van der Waals surface area (Å²) in [5.41, 5.74) is 0.248. The highest BCUT2D eigenvalue weighted by Gasteiger charge is 2.20. The molecule has 0 aliphatic heterocycles. The molecule has 2 N–H and O–H groups in total. The van der Waals surface area contributed by atoms with Crippen LogP contribution in [0.5, 0.6) is 0 Å². The summed E-state index contributed by atoms with van der Waals surface area (Å²) in [6.07, 6.45) is 0. The predicted octanol–water partition coefficient (Wildman–Crippen LogP) is 2.16. The molecule has 0 radical (unpaired) electrons. The van der Waals surface area contributed by atoms with Crippen LogP contribution in [0.15, 0.2) is 18.2 Å². The number of carbonyl (C=O) groups is 1. The van der Waals surface area contributed by atoms with E-state index in [0.29, 0.717) is 0 Å². The van der Waals surface area contributed by atoms with E-state index in [-0.39, 0.29) is 18.0 Å². The van der Waals surface area contributed by atoms with Crippen LogP contribution < -0.4 is 5.32 Å². The minimum Gasteiger partial charge on any atom is -0.480 e. The Kier molecular flexibility index (Phi) is 4.57. The lowest BCUT2D eigenvalue weighted by molar-refractivity contribution is -0.140. The van der Waals surface area contributed by atoms with E-state index in [0.717, 1.165) is 12.1 Å². The normalized spacial score (nSPS) is 12.8. The fraction of sp³-hybridized carbons (Fsp3) is 0.417. The smallest absolute Gasteiger partial charge is 0.320 e. The summed E-state index contributed by atoms with van der Waals surface area (Å²) in [5.74, 6) is -2.42. The second kappa shape index (κ2) is 5.72. The van der Waals surface area contributed by atoms with Gasteiger partial charge in [-0.05, 0) is 12.0 Å². The molecule has 0 bridgehead atoms.